The van der Waals surface area contributed by atoms with E-state index in [1.165, 1.54) is 0 Å². The van der Waals surface area contributed by atoms with Crippen molar-refractivity contribution >= 4 is 17.7 Å². The van der Waals surface area contributed by atoms with Gasteiger partial charge in [-0.1, -0.05) is 32.0 Å². The zero-order valence-electron chi connectivity index (χ0n) is 16.5. The first kappa shape index (κ1) is 20.1. The maximum atomic E-state index is 12.2. The van der Waals surface area contributed by atoms with Crippen LogP contribution in [0.4, 0.5) is 10.5 Å². The first-order valence-electron chi connectivity index (χ1n) is 9.26. The Hall–Kier alpha value is -2.24. The van der Waals surface area contributed by atoms with Crippen LogP contribution in [0, 0.1) is 5.92 Å². The zero-order valence-corrected chi connectivity index (χ0v) is 16.5. The topological polar surface area (TPSA) is 61.9 Å². The predicted octanol–water partition coefficient (Wildman–Crippen LogP) is 3.02. The summed E-state index contributed by atoms with van der Waals surface area (Å²) in [6, 6.07) is 8.09. The standard InChI is InChI=1S/C20H31N3O3/c1-15(2)18(24)21-14-16-8-6-7-9-17(16)22-10-12-23(13-11-22)19(25)26-20(3,4)5/h6-9,15H,10-14H2,1-5H3,(H,21,24). The monoisotopic (exact) mass is 361 g/mol. The Morgan fingerprint density at radius 3 is 2.31 bits per heavy atom. The minimum absolute atomic E-state index is 0.0282. The maximum absolute atomic E-state index is 12.2. The lowest BCUT2D eigenvalue weighted by Gasteiger charge is -2.37. The quantitative estimate of drug-likeness (QED) is 0.895. The lowest BCUT2D eigenvalue weighted by Crippen LogP contribution is -2.50. The molecule has 1 N–H and O–H groups in total. The third kappa shape index (κ3) is 5.64. The molecule has 1 heterocycles. The predicted molar refractivity (Wildman–Crippen MR) is 103 cm³/mol. The molecule has 0 atom stereocenters. The molecule has 1 aliphatic rings. The Bertz CT molecular complexity index is 629. The van der Waals surface area contributed by atoms with E-state index in [1.807, 2.05) is 52.8 Å². The van der Waals surface area contributed by atoms with E-state index < -0.39 is 5.60 Å². The Kier molecular flexibility index (Phi) is 6.51. The Balaban J connectivity index is 1.97. The van der Waals surface area contributed by atoms with Gasteiger partial charge in [-0.25, -0.2) is 4.79 Å². The van der Waals surface area contributed by atoms with Crippen LogP contribution in [0.25, 0.3) is 0 Å². The number of rotatable bonds is 4. The molecular weight excluding hydrogens is 330 g/mol. The van der Waals surface area contributed by atoms with E-state index in [2.05, 4.69) is 16.3 Å². The molecule has 1 saturated heterocycles. The average molecular weight is 361 g/mol. The molecule has 0 aliphatic carbocycles. The third-order valence-corrected chi connectivity index (χ3v) is 4.24. The third-order valence-electron chi connectivity index (χ3n) is 4.24. The van der Waals surface area contributed by atoms with E-state index in [1.54, 1.807) is 4.90 Å². The number of para-hydroxylation sites is 1. The van der Waals surface area contributed by atoms with Crippen molar-refractivity contribution in [1.82, 2.24) is 10.2 Å². The van der Waals surface area contributed by atoms with E-state index in [0.717, 1.165) is 24.3 Å². The molecule has 6 heteroatoms. The van der Waals surface area contributed by atoms with Crippen molar-refractivity contribution in [3.8, 4) is 0 Å². The molecule has 0 radical (unpaired) electrons. The molecule has 0 unspecified atom stereocenters. The van der Waals surface area contributed by atoms with Crippen molar-refractivity contribution in [2.24, 2.45) is 5.92 Å². The van der Waals surface area contributed by atoms with Gasteiger partial charge in [-0.3, -0.25) is 4.79 Å². The van der Waals surface area contributed by atoms with Crippen molar-refractivity contribution in [1.29, 1.82) is 0 Å². The van der Waals surface area contributed by atoms with Crippen LogP contribution >= 0.6 is 0 Å². The summed E-state index contributed by atoms with van der Waals surface area (Å²) in [7, 11) is 0. The number of anilines is 1. The Morgan fingerprint density at radius 2 is 1.73 bits per heavy atom. The second-order valence-corrected chi connectivity index (χ2v) is 7.96. The number of nitrogens with one attached hydrogen (secondary N) is 1. The lowest BCUT2D eigenvalue weighted by atomic mass is 10.1. The molecule has 1 aromatic carbocycles. The number of benzene rings is 1. The van der Waals surface area contributed by atoms with Gasteiger partial charge in [0.1, 0.15) is 5.60 Å². The molecule has 2 rings (SSSR count). The Morgan fingerprint density at radius 1 is 1.12 bits per heavy atom. The molecule has 26 heavy (non-hydrogen) atoms. The van der Waals surface area contributed by atoms with Crippen LogP contribution in [-0.4, -0.2) is 48.7 Å². The molecule has 0 spiro atoms. The highest BCUT2D eigenvalue weighted by atomic mass is 16.6. The van der Waals surface area contributed by atoms with E-state index >= 15 is 0 Å². The van der Waals surface area contributed by atoms with Crippen molar-refractivity contribution in [2.45, 2.75) is 46.8 Å². The summed E-state index contributed by atoms with van der Waals surface area (Å²) in [6.45, 7) is 12.7. The molecule has 1 aliphatic heterocycles. The van der Waals surface area contributed by atoms with Crippen molar-refractivity contribution in [3.05, 3.63) is 29.8 Å². The van der Waals surface area contributed by atoms with E-state index in [-0.39, 0.29) is 17.9 Å². The van der Waals surface area contributed by atoms with Gasteiger partial charge in [-0.15, -0.1) is 0 Å². The number of nitrogens with zero attached hydrogens (tertiary/aromatic N) is 2. The van der Waals surface area contributed by atoms with Crippen LogP contribution in [0.2, 0.25) is 0 Å². The van der Waals surface area contributed by atoms with Gasteiger partial charge in [-0.05, 0) is 32.4 Å². The van der Waals surface area contributed by atoms with Crippen molar-refractivity contribution < 1.29 is 14.3 Å². The van der Waals surface area contributed by atoms with E-state index in [4.69, 9.17) is 4.74 Å². The minimum Gasteiger partial charge on any atom is -0.444 e. The number of carbonyl (C=O) groups is 2. The number of amides is 2. The number of piperazine rings is 1. The molecule has 1 fully saturated rings. The molecule has 0 bridgehead atoms. The fourth-order valence-corrected chi connectivity index (χ4v) is 2.81. The van der Waals surface area contributed by atoms with Gasteiger partial charge in [0.2, 0.25) is 5.91 Å². The second-order valence-electron chi connectivity index (χ2n) is 7.96. The average Bonchev–Trinajstić information content (AvgIpc) is 2.58. The molecule has 0 aromatic heterocycles. The number of carbonyl (C=O) groups excluding carboxylic acids is 2. The number of ether oxygens (including phenoxy) is 1. The number of hydrogen-bond donors (Lipinski definition) is 1. The van der Waals surface area contributed by atoms with Gasteiger partial charge in [0, 0.05) is 44.3 Å². The molecule has 0 saturated carbocycles. The first-order chi connectivity index (χ1) is 12.2. The highest BCUT2D eigenvalue weighted by Crippen LogP contribution is 2.22. The summed E-state index contributed by atoms with van der Waals surface area (Å²) in [4.78, 5) is 28.1. The van der Waals surface area contributed by atoms with E-state index in [9.17, 15) is 9.59 Å². The van der Waals surface area contributed by atoms with Crippen LogP contribution < -0.4 is 10.2 Å². The maximum Gasteiger partial charge on any atom is 0.410 e. The van der Waals surface area contributed by atoms with Crippen LogP contribution in [0.15, 0.2) is 24.3 Å². The largest absolute Gasteiger partial charge is 0.444 e. The lowest BCUT2D eigenvalue weighted by molar-refractivity contribution is -0.124. The van der Waals surface area contributed by atoms with Gasteiger partial charge in [0.05, 0.1) is 0 Å². The smallest absolute Gasteiger partial charge is 0.410 e. The van der Waals surface area contributed by atoms with Gasteiger partial charge in [0.25, 0.3) is 0 Å². The Labute approximate surface area is 156 Å². The zero-order chi connectivity index (χ0) is 19.3. The van der Waals surface area contributed by atoms with Crippen LogP contribution in [0.5, 0.6) is 0 Å². The molecule has 1 aromatic rings. The van der Waals surface area contributed by atoms with Gasteiger partial charge < -0.3 is 19.9 Å². The normalized spacial score (nSPS) is 15.2. The van der Waals surface area contributed by atoms with Crippen LogP contribution in [-0.2, 0) is 16.1 Å². The fraction of sp³-hybridized carbons (Fsp3) is 0.600. The molecule has 6 nitrogen and oxygen atoms in total. The molecule has 2 amide bonds. The molecule has 144 valence electrons. The van der Waals surface area contributed by atoms with Gasteiger partial charge in [-0.2, -0.15) is 0 Å². The SMILES string of the molecule is CC(C)C(=O)NCc1ccccc1N1CCN(C(=O)OC(C)(C)C)CC1. The summed E-state index contributed by atoms with van der Waals surface area (Å²) < 4.78 is 5.45. The van der Waals surface area contributed by atoms with Crippen molar-refractivity contribution in [2.75, 3.05) is 31.1 Å². The van der Waals surface area contributed by atoms with E-state index in [0.29, 0.717) is 19.6 Å². The van der Waals surface area contributed by atoms with Crippen molar-refractivity contribution in [3.63, 3.8) is 0 Å². The summed E-state index contributed by atoms with van der Waals surface area (Å²) in [5, 5.41) is 2.98. The summed E-state index contributed by atoms with van der Waals surface area (Å²) >= 11 is 0. The highest BCUT2D eigenvalue weighted by molar-refractivity contribution is 5.78. The summed E-state index contributed by atoms with van der Waals surface area (Å²) in [6.07, 6.45) is -0.255. The molecular formula is C20H31N3O3. The van der Waals surface area contributed by atoms with Gasteiger partial charge >= 0.3 is 6.09 Å². The fourth-order valence-electron chi connectivity index (χ4n) is 2.81. The highest BCUT2D eigenvalue weighted by Gasteiger charge is 2.26. The van der Waals surface area contributed by atoms with Crippen LogP contribution in [0.3, 0.4) is 0 Å². The summed E-state index contributed by atoms with van der Waals surface area (Å²) in [5.41, 5.74) is 1.72. The first-order valence-corrected chi connectivity index (χ1v) is 9.26. The second kappa shape index (κ2) is 8.43. The number of hydrogen-bond acceptors (Lipinski definition) is 4. The van der Waals surface area contributed by atoms with Gasteiger partial charge in [0.15, 0.2) is 0 Å². The van der Waals surface area contributed by atoms with Crippen LogP contribution in [0.1, 0.15) is 40.2 Å². The minimum atomic E-state index is -0.477. The summed E-state index contributed by atoms with van der Waals surface area (Å²) in [5.74, 6) is 0.0223.